The minimum atomic E-state index is 0.396. The molecule has 0 saturated carbocycles. The van der Waals surface area contributed by atoms with Crippen molar-refractivity contribution in [2.45, 2.75) is 52.0 Å². The van der Waals surface area contributed by atoms with Crippen molar-refractivity contribution in [1.82, 2.24) is 5.32 Å². The first kappa shape index (κ1) is 17.0. The monoisotopic (exact) mass is 345 g/mol. The zero-order valence-electron chi connectivity index (χ0n) is 12.2. The molecule has 0 aliphatic carbocycles. The van der Waals surface area contributed by atoms with Crippen molar-refractivity contribution in [3.8, 4) is 0 Å². The van der Waals surface area contributed by atoms with Gasteiger partial charge in [-0.3, -0.25) is 0 Å². The van der Waals surface area contributed by atoms with E-state index < -0.39 is 0 Å². The second-order valence-electron chi connectivity index (χ2n) is 5.17. The highest BCUT2D eigenvalue weighted by atomic mass is 79.9. The highest BCUT2D eigenvalue weighted by molar-refractivity contribution is 9.10. The van der Waals surface area contributed by atoms with Gasteiger partial charge in [0.1, 0.15) is 0 Å². The van der Waals surface area contributed by atoms with E-state index in [-0.39, 0.29) is 0 Å². The molecular weight excluding hydrogens is 322 g/mol. The quantitative estimate of drug-likeness (QED) is 0.611. The Bertz CT molecular complexity index is 381. The largest absolute Gasteiger partial charge is 0.313 e. The molecule has 0 aromatic heterocycles. The van der Waals surface area contributed by atoms with Crippen LogP contribution in [0.4, 0.5) is 0 Å². The molecule has 1 aromatic carbocycles. The van der Waals surface area contributed by atoms with Crippen molar-refractivity contribution < 1.29 is 0 Å². The molecule has 2 unspecified atom stereocenters. The van der Waals surface area contributed by atoms with Crippen LogP contribution in [0.25, 0.3) is 0 Å². The van der Waals surface area contributed by atoms with Gasteiger partial charge in [0.2, 0.25) is 0 Å². The summed E-state index contributed by atoms with van der Waals surface area (Å²) in [5, 5.41) is 4.22. The smallest absolute Gasteiger partial charge is 0.0551 e. The Kier molecular flexibility index (Phi) is 8.05. The van der Waals surface area contributed by atoms with Gasteiger partial charge in [0.25, 0.3) is 0 Å². The number of hydrogen-bond acceptors (Lipinski definition) is 1. The molecule has 0 amide bonds. The number of rotatable bonds is 8. The SMILES string of the molecule is CCCCC(CC)CC(NC)c1ccc(Br)c(Cl)c1. The maximum atomic E-state index is 6.19. The molecule has 0 spiro atoms. The average molecular weight is 347 g/mol. The topological polar surface area (TPSA) is 12.0 Å². The summed E-state index contributed by atoms with van der Waals surface area (Å²) >= 11 is 9.64. The van der Waals surface area contributed by atoms with Crippen LogP contribution in [0, 0.1) is 5.92 Å². The van der Waals surface area contributed by atoms with Gasteiger partial charge in [-0.15, -0.1) is 0 Å². The highest BCUT2D eigenvalue weighted by Gasteiger charge is 2.16. The van der Waals surface area contributed by atoms with Crippen molar-refractivity contribution in [3.63, 3.8) is 0 Å². The molecule has 108 valence electrons. The average Bonchev–Trinajstić information content (AvgIpc) is 2.42. The van der Waals surface area contributed by atoms with E-state index >= 15 is 0 Å². The molecule has 0 saturated heterocycles. The maximum Gasteiger partial charge on any atom is 0.0551 e. The first-order valence-corrected chi connectivity index (χ1v) is 8.41. The fourth-order valence-corrected chi connectivity index (χ4v) is 2.90. The van der Waals surface area contributed by atoms with Gasteiger partial charge in [-0.05, 0) is 53.0 Å². The fourth-order valence-electron chi connectivity index (χ4n) is 2.46. The summed E-state index contributed by atoms with van der Waals surface area (Å²) in [6, 6.07) is 6.66. The van der Waals surface area contributed by atoms with Crippen LogP contribution in [0.2, 0.25) is 5.02 Å². The van der Waals surface area contributed by atoms with E-state index in [1.54, 1.807) is 0 Å². The minimum absolute atomic E-state index is 0.396. The van der Waals surface area contributed by atoms with Crippen LogP contribution >= 0.6 is 27.5 Å². The molecular formula is C16H25BrClN. The van der Waals surface area contributed by atoms with E-state index in [4.69, 9.17) is 11.6 Å². The van der Waals surface area contributed by atoms with E-state index in [1.807, 2.05) is 13.1 Å². The Hall–Kier alpha value is -0.0500. The summed E-state index contributed by atoms with van der Waals surface area (Å²) in [5.41, 5.74) is 1.28. The zero-order chi connectivity index (χ0) is 14.3. The summed E-state index contributed by atoms with van der Waals surface area (Å²) in [4.78, 5) is 0. The van der Waals surface area contributed by atoms with Crippen LogP contribution in [0.1, 0.15) is 57.6 Å². The Labute approximate surface area is 131 Å². The van der Waals surface area contributed by atoms with Gasteiger partial charge in [-0.25, -0.2) is 0 Å². The van der Waals surface area contributed by atoms with Crippen LogP contribution in [0.3, 0.4) is 0 Å². The Morgan fingerprint density at radius 2 is 2.05 bits per heavy atom. The lowest BCUT2D eigenvalue weighted by atomic mass is 9.89. The maximum absolute atomic E-state index is 6.19. The van der Waals surface area contributed by atoms with Gasteiger partial charge in [0.15, 0.2) is 0 Å². The number of halogens is 2. The third-order valence-electron chi connectivity index (χ3n) is 3.81. The third kappa shape index (κ3) is 5.45. The number of benzene rings is 1. The second-order valence-corrected chi connectivity index (χ2v) is 6.43. The molecule has 0 aliphatic heterocycles. The minimum Gasteiger partial charge on any atom is -0.313 e. The van der Waals surface area contributed by atoms with Crippen molar-refractivity contribution in [1.29, 1.82) is 0 Å². The molecule has 19 heavy (non-hydrogen) atoms. The normalized spacial score (nSPS) is 14.4. The Morgan fingerprint density at radius 1 is 1.32 bits per heavy atom. The lowest BCUT2D eigenvalue weighted by molar-refractivity contribution is 0.365. The van der Waals surface area contributed by atoms with Gasteiger partial charge in [-0.1, -0.05) is 57.2 Å². The van der Waals surface area contributed by atoms with Crippen molar-refractivity contribution in [2.75, 3.05) is 7.05 Å². The molecule has 0 fully saturated rings. The van der Waals surface area contributed by atoms with Crippen molar-refractivity contribution >= 4 is 27.5 Å². The van der Waals surface area contributed by atoms with E-state index in [9.17, 15) is 0 Å². The summed E-state index contributed by atoms with van der Waals surface area (Å²) in [5.74, 6) is 0.792. The van der Waals surface area contributed by atoms with Gasteiger partial charge in [-0.2, -0.15) is 0 Å². The van der Waals surface area contributed by atoms with Crippen molar-refractivity contribution in [3.05, 3.63) is 33.3 Å². The van der Waals surface area contributed by atoms with E-state index in [2.05, 4.69) is 47.2 Å². The van der Waals surface area contributed by atoms with E-state index in [1.165, 1.54) is 37.7 Å². The lowest BCUT2D eigenvalue weighted by Gasteiger charge is -2.23. The molecule has 1 aromatic rings. The van der Waals surface area contributed by atoms with Gasteiger partial charge in [0.05, 0.1) is 5.02 Å². The van der Waals surface area contributed by atoms with Crippen LogP contribution in [0.5, 0.6) is 0 Å². The van der Waals surface area contributed by atoms with Crippen molar-refractivity contribution in [2.24, 2.45) is 5.92 Å². The predicted molar refractivity (Wildman–Crippen MR) is 88.9 cm³/mol. The summed E-state index contributed by atoms with van der Waals surface area (Å²) in [6.07, 6.45) is 6.38. The van der Waals surface area contributed by atoms with Crippen LogP contribution in [-0.2, 0) is 0 Å². The van der Waals surface area contributed by atoms with Crippen LogP contribution in [0.15, 0.2) is 22.7 Å². The first-order valence-electron chi connectivity index (χ1n) is 7.24. The van der Waals surface area contributed by atoms with E-state index in [0.29, 0.717) is 6.04 Å². The Balaban J connectivity index is 2.72. The predicted octanol–water partition coefficient (Wildman–Crippen LogP) is 5.97. The third-order valence-corrected chi connectivity index (χ3v) is 5.04. The van der Waals surface area contributed by atoms with Gasteiger partial charge >= 0.3 is 0 Å². The molecule has 2 atom stereocenters. The zero-order valence-corrected chi connectivity index (χ0v) is 14.5. The molecule has 0 radical (unpaired) electrons. The molecule has 3 heteroatoms. The first-order chi connectivity index (χ1) is 9.12. The molecule has 0 heterocycles. The fraction of sp³-hybridized carbons (Fsp3) is 0.625. The Morgan fingerprint density at radius 3 is 2.58 bits per heavy atom. The molecule has 0 bridgehead atoms. The number of nitrogens with one attached hydrogen (secondary N) is 1. The highest BCUT2D eigenvalue weighted by Crippen LogP contribution is 2.30. The lowest BCUT2D eigenvalue weighted by Crippen LogP contribution is -2.20. The summed E-state index contributed by atoms with van der Waals surface area (Å²) < 4.78 is 0.964. The molecule has 1 nitrogen and oxygen atoms in total. The molecule has 0 aliphatic rings. The summed E-state index contributed by atoms with van der Waals surface area (Å²) in [7, 11) is 2.03. The summed E-state index contributed by atoms with van der Waals surface area (Å²) in [6.45, 7) is 4.55. The van der Waals surface area contributed by atoms with Gasteiger partial charge in [0, 0.05) is 10.5 Å². The number of hydrogen-bond donors (Lipinski definition) is 1. The second kappa shape index (κ2) is 8.99. The van der Waals surface area contributed by atoms with Gasteiger partial charge < -0.3 is 5.32 Å². The van der Waals surface area contributed by atoms with E-state index in [0.717, 1.165) is 15.4 Å². The van der Waals surface area contributed by atoms with Crippen LogP contribution < -0.4 is 5.32 Å². The molecule has 1 N–H and O–H groups in total. The molecule has 1 rings (SSSR count). The number of unbranched alkanes of at least 4 members (excludes halogenated alkanes) is 1. The standard InChI is InChI=1S/C16H25BrClN/c1-4-6-7-12(5-2)10-16(19-3)13-8-9-14(17)15(18)11-13/h8-9,11-12,16,19H,4-7,10H2,1-3H3. The van der Waals surface area contributed by atoms with Crippen LogP contribution in [-0.4, -0.2) is 7.05 Å².